The highest BCUT2D eigenvalue weighted by Gasteiger charge is 2.15. The van der Waals surface area contributed by atoms with E-state index in [1.165, 1.54) is 5.56 Å². The third-order valence-corrected chi connectivity index (χ3v) is 3.31. The van der Waals surface area contributed by atoms with Gasteiger partial charge in [0.15, 0.2) is 0 Å². The number of rotatable bonds is 4. The summed E-state index contributed by atoms with van der Waals surface area (Å²) in [6.07, 6.45) is 0. The summed E-state index contributed by atoms with van der Waals surface area (Å²) in [4.78, 5) is 4.17. The highest BCUT2D eigenvalue weighted by Crippen LogP contribution is 2.15. The Morgan fingerprint density at radius 3 is 2.87 bits per heavy atom. The number of nitrogens with two attached hydrogens (primary N) is 1. The summed E-state index contributed by atoms with van der Waals surface area (Å²) < 4.78 is 5.08. The van der Waals surface area contributed by atoms with Crippen LogP contribution in [0.25, 0.3) is 0 Å². The van der Waals surface area contributed by atoms with E-state index in [1.807, 2.05) is 17.8 Å². The first-order valence-corrected chi connectivity index (χ1v) is 6.08. The molecule has 1 aromatic rings. The summed E-state index contributed by atoms with van der Waals surface area (Å²) in [5.41, 5.74) is 6.77. The molecule has 1 atom stereocenters. The Morgan fingerprint density at radius 1 is 1.40 bits per heavy atom. The van der Waals surface area contributed by atoms with E-state index in [9.17, 15) is 0 Å². The van der Waals surface area contributed by atoms with Crippen molar-refractivity contribution in [3.05, 3.63) is 35.9 Å². The van der Waals surface area contributed by atoms with Gasteiger partial charge in [0.1, 0.15) is 6.61 Å². The van der Waals surface area contributed by atoms with Crippen LogP contribution in [-0.4, -0.2) is 24.4 Å². The summed E-state index contributed by atoms with van der Waals surface area (Å²) in [5, 5.41) is 0. The Balaban J connectivity index is 1.72. The second-order valence-electron chi connectivity index (χ2n) is 3.43. The van der Waals surface area contributed by atoms with Gasteiger partial charge in [-0.25, -0.2) is 4.99 Å². The van der Waals surface area contributed by atoms with Crippen LogP contribution in [0, 0.1) is 0 Å². The maximum absolute atomic E-state index is 5.43. The molecule has 80 valence electrons. The number of amidine groups is 1. The lowest BCUT2D eigenvalue weighted by Crippen LogP contribution is -2.11. The SMILES string of the molecule is NC1=NC(CSCc2ccccc2)CO1. The predicted molar refractivity (Wildman–Crippen MR) is 64.0 cm³/mol. The highest BCUT2D eigenvalue weighted by atomic mass is 32.2. The number of hydrogen-bond acceptors (Lipinski definition) is 4. The molecule has 1 aliphatic heterocycles. The molecule has 0 saturated carbocycles. The first-order valence-electron chi connectivity index (χ1n) is 4.92. The molecule has 0 spiro atoms. The monoisotopic (exact) mass is 222 g/mol. The molecular weight excluding hydrogens is 208 g/mol. The van der Waals surface area contributed by atoms with E-state index in [2.05, 4.69) is 29.3 Å². The molecule has 0 fully saturated rings. The van der Waals surface area contributed by atoms with Crippen molar-refractivity contribution in [1.82, 2.24) is 0 Å². The van der Waals surface area contributed by atoms with Gasteiger partial charge in [-0.05, 0) is 5.56 Å². The molecule has 1 aromatic carbocycles. The normalized spacial score (nSPS) is 19.7. The Bertz CT molecular complexity index is 340. The van der Waals surface area contributed by atoms with Gasteiger partial charge < -0.3 is 10.5 Å². The van der Waals surface area contributed by atoms with Gasteiger partial charge in [-0.3, -0.25) is 0 Å². The molecule has 0 amide bonds. The van der Waals surface area contributed by atoms with Crippen molar-refractivity contribution in [2.24, 2.45) is 10.7 Å². The number of ether oxygens (including phenoxy) is 1. The summed E-state index contributed by atoms with van der Waals surface area (Å²) in [5.74, 6) is 1.99. The van der Waals surface area contributed by atoms with E-state index < -0.39 is 0 Å². The topological polar surface area (TPSA) is 47.6 Å². The molecule has 1 unspecified atom stereocenters. The van der Waals surface area contributed by atoms with Crippen molar-refractivity contribution in [3.8, 4) is 0 Å². The first-order chi connectivity index (χ1) is 7.34. The maximum atomic E-state index is 5.43. The predicted octanol–water partition coefficient (Wildman–Crippen LogP) is 1.63. The second kappa shape index (κ2) is 5.07. The van der Waals surface area contributed by atoms with Crippen molar-refractivity contribution in [3.63, 3.8) is 0 Å². The fourth-order valence-corrected chi connectivity index (χ4v) is 2.40. The molecule has 1 heterocycles. The van der Waals surface area contributed by atoms with E-state index in [0.29, 0.717) is 12.6 Å². The van der Waals surface area contributed by atoms with Crippen molar-refractivity contribution in [2.75, 3.05) is 12.4 Å². The minimum Gasteiger partial charge on any atom is -0.463 e. The molecule has 2 rings (SSSR count). The van der Waals surface area contributed by atoms with Crippen molar-refractivity contribution in [2.45, 2.75) is 11.8 Å². The van der Waals surface area contributed by atoms with Crippen LogP contribution in [0.3, 0.4) is 0 Å². The van der Waals surface area contributed by atoms with Crippen LogP contribution >= 0.6 is 11.8 Å². The van der Waals surface area contributed by atoms with Crippen LogP contribution in [0.2, 0.25) is 0 Å². The van der Waals surface area contributed by atoms with Crippen LogP contribution in [0.1, 0.15) is 5.56 Å². The number of benzene rings is 1. The Kier molecular flexibility index (Phi) is 3.50. The van der Waals surface area contributed by atoms with Crippen molar-refractivity contribution in [1.29, 1.82) is 0 Å². The number of aliphatic imine (C=N–C) groups is 1. The van der Waals surface area contributed by atoms with Gasteiger partial charge in [-0.1, -0.05) is 30.3 Å². The van der Waals surface area contributed by atoms with Crippen LogP contribution in [-0.2, 0) is 10.5 Å². The molecule has 4 heteroatoms. The van der Waals surface area contributed by atoms with E-state index in [0.717, 1.165) is 11.5 Å². The molecule has 2 N–H and O–H groups in total. The summed E-state index contributed by atoms with van der Waals surface area (Å²) in [7, 11) is 0. The van der Waals surface area contributed by atoms with Gasteiger partial charge in [0.25, 0.3) is 6.02 Å². The molecule has 15 heavy (non-hydrogen) atoms. The van der Waals surface area contributed by atoms with Gasteiger partial charge in [0, 0.05) is 11.5 Å². The molecular formula is C11H14N2OS. The fraction of sp³-hybridized carbons (Fsp3) is 0.364. The average Bonchev–Trinajstić information content (AvgIpc) is 2.66. The molecule has 0 aliphatic carbocycles. The van der Waals surface area contributed by atoms with Crippen LogP contribution < -0.4 is 5.73 Å². The summed E-state index contributed by atoms with van der Waals surface area (Å²) >= 11 is 1.86. The van der Waals surface area contributed by atoms with Crippen LogP contribution in [0.5, 0.6) is 0 Å². The van der Waals surface area contributed by atoms with E-state index in [1.54, 1.807) is 0 Å². The fourth-order valence-electron chi connectivity index (χ4n) is 1.41. The largest absolute Gasteiger partial charge is 0.463 e. The molecule has 0 aromatic heterocycles. The Labute approximate surface area is 93.7 Å². The lowest BCUT2D eigenvalue weighted by molar-refractivity contribution is 0.320. The highest BCUT2D eigenvalue weighted by molar-refractivity contribution is 7.98. The smallest absolute Gasteiger partial charge is 0.282 e. The van der Waals surface area contributed by atoms with Gasteiger partial charge in [-0.2, -0.15) is 11.8 Å². The molecule has 0 bridgehead atoms. The number of nitrogens with zero attached hydrogens (tertiary/aromatic N) is 1. The maximum Gasteiger partial charge on any atom is 0.282 e. The molecule has 0 radical (unpaired) electrons. The lowest BCUT2D eigenvalue weighted by atomic mass is 10.2. The zero-order valence-corrected chi connectivity index (χ0v) is 9.24. The van der Waals surface area contributed by atoms with Crippen LogP contribution in [0.15, 0.2) is 35.3 Å². The van der Waals surface area contributed by atoms with Crippen molar-refractivity contribution < 1.29 is 4.74 Å². The Hall–Kier alpha value is -1.16. The van der Waals surface area contributed by atoms with E-state index in [-0.39, 0.29) is 6.04 Å². The first kappa shape index (κ1) is 10.4. The van der Waals surface area contributed by atoms with Gasteiger partial charge in [-0.15, -0.1) is 0 Å². The molecule has 0 saturated heterocycles. The zero-order valence-electron chi connectivity index (χ0n) is 8.43. The molecule has 1 aliphatic rings. The quantitative estimate of drug-likeness (QED) is 0.842. The van der Waals surface area contributed by atoms with E-state index >= 15 is 0 Å². The van der Waals surface area contributed by atoms with E-state index in [4.69, 9.17) is 10.5 Å². The summed E-state index contributed by atoms with van der Waals surface area (Å²) in [6, 6.07) is 11.0. The van der Waals surface area contributed by atoms with Gasteiger partial charge >= 0.3 is 0 Å². The van der Waals surface area contributed by atoms with Gasteiger partial charge in [0.05, 0.1) is 6.04 Å². The van der Waals surface area contributed by atoms with Gasteiger partial charge in [0.2, 0.25) is 0 Å². The lowest BCUT2D eigenvalue weighted by Gasteiger charge is -2.04. The minimum absolute atomic E-state index is 0.235. The molecule has 3 nitrogen and oxygen atoms in total. The third kappa shape index (κ3) is 3.16. The number of hydrogen-bond donors (Lipinski definition) is 1. The van der Waals surface area contributed by atoms with Crippen LogP contribution in [0.4, 0.5) is 0 Å². The standard InChI is InChI=1S/C11H14N2OS/c12-11-13-10(6-14-11)8-15-7-9-4-2-1-3-5-9/h1-5,10H,6-8H2,(H2,12,13). The minimum atomic E-state index is 0.235. The Morgan fingerprint density at radius 2 is 2.20 bits per heavy atom. The van der Waals surface area contributed by atoms with Crippen molar-refractivity contribution >= 4 is 17.8 Å². The second-order valence-corrected chi connectivity index (χ2v) is 4.46. The number of thioether (sulfide) groups is 1. The zero-order chi connectivity index (χ0) is 10.5. The summed E-state index contributed by atoms with van der Waals surface area (Å²) in [6.45, 7) is 0.633. The third-order valence-electron chi connectivity index (χ3n) is 2.16. The average molecular weight is 222 g/mol.